The number of nitrogens with zero attached hydrogens (tertiary/aromatic N) is 1. The fourth-order valence-electron chi connectivity index (χ4n) is 1.05. The Balaban J connectivity index is 2.73. The van der Waals surface area contributed by atoms with Crippen LogP contribution in [0.15, 0.2) is 24.3 Å². The Kier molecular flexibility index (Phi) is 1.47. The second-order valence-corrected chi connectivity index (χ2v) is 2.71. The van der Waals surface area contributed by atoms with Gasteiger partial charge < -0.3 is 0 Å². The van der Waals surface area contributed by atoms with Crippen LogP contribution in [0.25, 0.3) is 12.4 Å². The first-order valence-electron chi connectivity index (χ1n) is 3.34. The summed E-state index contributed by atoms with van der Waals surface area (Å²) in [6.45, 7) is 0. The Labute approximate surface area is 69.5 Å². The molecule has 0 amide bonds. The van der Waals surface area contributed by atoms with Gasteiger partial charge in [-0.3, -0.25) is 5.43 Å². The van der Waals surface area contributed by atoms with Crippen LogP contribution in [-0.2, 0) is 0 Å². The van der Waals surface area contributed by atoms with Crippen LogP contribution in [0.5, 0.6) is 0 Å². The molecule has 0 bridgehead atoms. The molecule has 0 saturated carbocycles. The lowest BCUT2D eigenvalue weighted by molar-refractivity contribution is 0.583. The molecule has 0 aromatic heterocycles. The SMILES string of the molecule is ClN1C=c2ccccc2=CN1. The van der Waals surface area contributed by atoms with Gasteiger partial charge >= 0.3 is 0 Å². The van der Waals surface area contributed by atoms with Gasteiger partial charge in [0.25, 0.3) is 0 Å². The minimum absolute atomic E-state index is 1.13. The maximum absolute atomic E-state index is 5.68. The molecule has 0 fully saturated rings. The highest BCUT2D eigenvalue weighted by atomic mass is 35.5. The first-order valence-corrected chi connectivity index (χ1v) is 3.68. The van der Waals surface area contributed by atoms with Crippen molar-refractivity contribution in [3.63, 3.8) is 0 Å². The van der Waals surface area contributed by atoms with Crippen molar-refractivity contribution in [2.24, 2.45) is 0 Å². The Morgan fingerprint density at radius 2 is 1.91 bits per heavy atom. The normalized spacial score (nSPS) is 14.1. The molecule has 0 atom stereocenters. The summed E-state index contributed by atoms with van der Waals surface area (Å²) in [5, 5.41) is 2.28. The summed E-state index contributed by atoms with van der Waals surface area (Å²) < 4.78 is 1.41. The number of hydrazine groups is 1. The van der Waals surface area contributed by atoms with Gasteiger partial charge in [0, 0.05) is 34.6 Å². The van der Waals surface area contributed by atoms with Crippen molar-refractivity contribution in [1.29, 1.82) is 0 Å². The Morgan fingerprint density at radius 3 is 2.73 bits per heavy atom. The van der Waals surface area contributed by atoms with Gasteiger partial charge in [0.1, 0.15) is 0 Å². The van der Waals surface area contributed by atoms with Crippen LogP contribution in [0.2, 0.25) is 0 Å². The quantitative estimate of drug-likeness (QED) is 0.552. The van der Waals surface area contributed by atoms with E-state index in [4.69, 9.17) is 11.8 Å². The maximum atomic E-state index is 5.68. The monoisotopic (exact) mass is 166 g/mol. The minimum Gasteiger partial charge on any atom is -0.291 e. The van der Waals surface area contributed by atoms with Crippen LogP contribution in [0.3, 0.4) is 0 Å². The van der Waals surface area contributed by atoms with Gasteiger partial charge in [-0.15, -0.1) is 0 Å². The van der Waals surface area contributed by atoms with Crippen molar-refractivity contribution in [1.82, 2.24) is 9.95 Å². The van der Waals surface area contributed by atoms with Crippen LogP contribution in [0.4, 0.5) is 0 Å². The van der Waals surface area contributed by atoms with E-state index in [1.54, 1.807) is 0 Å². The average Bonchev–Trinajstić information content (AvgIpc) is 2.04. The predicted molar refractivity (Wildman–Crippen MR) is 45.4 cm³/mol. The van der Waals surface area contributed by atoms with Gasteiger partial charge in [-0.05, 0) is 0 Å². The van der Waals surface area contributed by atoms with Gasteiger partial charge in [0.15, 0.2) is 0 Å². The van der Waals surface area contributed by atoms with Crippen molar-refractivity contribution in [3.8, 4) is 0 Å². The van der Waals surface area contributed by atoms with Gasteiger partial charge in [0.2, 0.25) is 0 Å². The topological polar surface area (TPSA) is 15.3 Å². The predicted octanol–water partition coefficient (Wildman–Crippen LogP) is 0.137. The molecule has 0 spiro atoms. The molecule has 11 heavy (non-hydrogen) atoms. The van der Waals surface area contributed by atoms with Crippen LogP contribution in [-0.4, -0.2) is 4.53 Å². The number of fused-ring (bicyclic) bond motifs is 1. The molecule has 1 aromatic carbocycles. The third kappa shape index (κ3) is 1.17. The van der Waals surface area contributed by atoms with Gasteiger partial charge in [-0.2, -0.15) is 0 Å². The van der Waals surface area contributed by atoms with E-state index in [-0.39, 0.29) is 0 Å². The van der Waals surface area contributed by atoms with E-state index in [9.17, 15) is 0 Å². The van der Waals surface area contributed by atoms with Gasteiger partial charge in [-0.1, -0.05) is 24.3 Å². The van der Waals surface area contributed by atoms with Crippen molar-refractivity contribution in [2.45, 2.75) is 0 Å². The van der Waals surface area contributed by atoms with Crippen LogP contribution < -0.4 is 15.9 Å². The lowest BCUT2D eigenvalue weighted by Gasteiger charge is -2.12. The fraction of sp³-hybridized carbons (Fsp3) is 0. The standard InChI is InChI=1S/C8H7ClN2/c9-11-6-8-4-2-1-3-7(8)5-10-11/h1-6,10H. The summed E-state index contributed by atoms with van der Waals surface area (Å²) in [6, 6.07) is 8.03. The smallest absolute Gasteiger partial charge is 0.0478 e. The molecule has 0 aliphatic carbocycles. The first kappa shape index (κ1) is 6.55. The molecular formula is C8H7ClN2. The van der Waals surface area contributed by atoms with Crippen molar-refractivity contribution in [2.75, 3.05) is 0 Å². The molecule has 2 nitrogen and oxygen atoms in total. The van der Waals surface area contributed by atoms with E-state index in [1.165, 1.54) is 4.53 Å². The molecule has 1 aromatic rings. The number of hydrogen-bond acceptors (Lipinski definition) is 2. The van der Waals surface area contributed by atoms with Gasteiger partial charge in [0.05, 0.1) is 0 Å². The third-order valence-corrected chi connectivity index (χ3v) is 1.79. The van der Waals surface area contributed by atoms with Crippen molar-refractivity contribution in [3.05, 3.63) is 34.7 Å². The molecule has 3 heteroatoms. The molecule has 0 radical (unpaired) electrons. The van der Waals surface area contributed by atoms with Crippen LogP contribution in [0, 0.1) is 0 Å². The van der Waals surface area contributed by atoms with E-state index < -0.39 is 0 Å². The van der Waals surface area contributed by atoms with Crippen LogP contribution >= 0.6 is 11.8 Å². The lowest BCUT2D eigenvalue weighted by Crippen LogP contribution is -2.37. The minimum atomic E-state index is 1.13. The fourth-order valence-corrected chi connectivity index (χ4v) is 1.20. The highest BCUT2D eigenvalue weighted by molar-refractivity contribution is 6.15. The van der Waals surface area contributed by atoms with E-state index >= 15 is 0 Å². The lowest BCUT2D eigenvalue weighted by atomic mass is 10.2. The average molecular weight is 167 g/mol. The summed E-state index contributed by atoms with van der Waals surface area (Å²) in [5.41, 5.74) is 2.86. The largest absolute Gasteiger partial charge is 0.291 e. The second-order valence-electron chi connectivity index (χ2n) is 2.34. The number of benzene rings is 1. The summed E-state index contributed by atoms with van der Waals surface area (Å²) in [5.74, 6) is 0. The number of rotatable bonds is 0. The number of halogens is 1. The van der Waals surface area contributed by atoms with E-state index in [0.29, 0.717) is 0 Å². The summed E-state index contributed by atoms with van der Waals surface area (Å²) in [7, 11) is 0. The van der Waals surface area contributed by atoms with E-state index in [0.717, 1.165) is 10.4 Å². The molecule has 1 aliphatic rings. The Hall–Kier alpha value is -1.15. The second kappa shape index (κ2) is 2.47. The summed E-state index contributed by atoms with van der Waals surface area (Å²) in [6.07, 6.45) is 3.69. The first-order chi connectivity index (χ1) is 5.36. The number of hydrogen-bond donors (Lipinski definition) is 1. The highest BCUT2D eigenvalue weighted by Crippen LogP contribution is 1.89. The molecule has 0 saturated heterocycles. The van der Waals surface area contributed by atoms with Gasteiger partial charge in [-0.25, -0.2) is 4.53 Å². The van der Waals surface area contributed by atoms with Crippen molar-refractivity contribution >= 4 is 24.2 Å². The Bertz CT molecular complexity index is 372. The molecule has 1 heterocycles. The zero-order valence-corrected chi connectivity index (χ0v) is 6.55. The van der Waals surface area contributed by atoms with E-state index in [2.05, 4.69) is 5.43 Å². The summed E-state index contributed by atoms with van der Waals surface area (Å²) in [4.78, 5) is 0. The maximum Gasteiger partial charge on any atom is 0.0478 e. The third-order valence-electron chi connectivity index (χ3n) is 1.59. The molecule has 2 rings (SSSR count). The Morgan fingerprint density at radius 1 is 1.18 bits per heavy atom. The van der Waals surface area contributed by atoms with Crippen molar-refractivity contribution < 1.29 is 0 Å². The highest BCUT2D eigenvalue weighted by Gasteiger charge is 1.94. The molecule has 0 unspecified atom stereocenters. The zero-order valence-electron chi connectivity index (χ0n) is 5.79. The molecule has 1 aliphatic heterocycles. The van der Waals surface area contributed by atoms with Crippen LogP contribution in [0.1, 0.15) is 0 Å². The number of nitrogens with one attached hydrogen (secondary N) is 1. The molecule has 56 valence electrons. The molecular weight excluding hydrogens is 160 g/mol. The molecule has 1 N–H and O–H groups in total. The van der Waals surface area contributed by atoms with E-state index in [1.807, 2.05) is 36.7 Å². The zero-order chi connectivity index (χ0) is 7.68. The summed E-state index contributed by atoms with van der Waals surface area (Å²) >= 11 is 5.68.